The molecule has 0 spiro atoms. The van der Waals surface area contributed by atoms with Gasteiger partial charge in [-0.3, -0.25) is 9.78 Å². The minimum absolute atomic E-state index is 0.118. The fraction of sp³-hybridized carbons (Fsp3) is 0.263. The Hall–Kier alpha value is -3.78. The summed E-state index contributed by atoms with van der Waals surface area (Å²) in [6.45, 7) is 5.00. The van der Waals surface area contributed by atoms with Gasteiger partial charge in [-0.2, -0.15) is 10.2 Å². The van der Waals surface area contributed by atoms with Gasteiger partial charge in [0.05, 0.1) is 29.9 Å². The first-order valence-electron chi connectivity index (χ1n) is 9.12. The molecule has 152 valence electrons. The van der Waals surface area contributed by atoms with E-state index in [0.717, 1.165) is 22.8 Å². The highest BCUT2D eigenvalue weighted by Gasteiger charge is 2.26. The summed E-state index contributed by atoms with van der Waals surface area (Å²) >= 11 is 1.52. The van der Waals surface area contributed by atoms with E-state index >= 15 is 0 Å². The van der Waals surface area contributed by atoms with E-state index in [1.165, 1.54) is 30.7 Å². The molecule has 1 atom stereocenters. The van der Waals surface area contributed by atoms with Gasteiger partial charge in [-0.1, -0.05) is 17.9 Å². The normalized spacial score (nSPS) is 15.6. The summed E-state index contributed by atoms with van der Waals surface area (Å²) in [5.41, 5.74) is 1.56. The Balaban J connectivity index is 1.49. The van der Waals surface area contributed by atoms with Crippen LogP contribution in [0, 0.1) is 11.3 Å². The Morgan fingerprint density at radius 2 is 2.30 bits per heavy atom. The number of amides is 1. The molecule has 4 heterocycles. The molecule has 1 amide bonds. The smallest absolute Gasteiger partial charge is 0.247 e. The highest BCUT2D eigenvalue weighted by atomic mass is 32.1. The van der Waals surface area contributed by atoms with Crippen molar-refractivity contribution in [3.63, 3.8) is 0 Å². The predicted octanol–water partition coefficient (Wildman–Crippen LogP) is 2.18. The molecule has 3 aromatic heterocycles. The van der Waals surface area contributed by atoms with E-state index in [1.54, 1.807) is 12.4 Å². The zero-order valence-electron chi connectivity index (χ0n) is 16.1. The van der Waals surface area contributed by atoms with Gasteiger partial charge < -0.3 is 20.3 Å². The second kappa shape index (κ2) is 8.30. The van der Waals surface area contributed by atoms with E-state index in [9.17, 15) is 4.79 Å². The molecule has 3 aromatic rings. The first-order chi connectivity index (χ1) is 14.6. The number of carbonyl (C=O) groups excluding carboxylic acids is 1. The fourth-order valence-corrected chi connectivity index (χ4v) is 4.15. The average Bonchev–Trinajstić information content (AvgIpc) is 3.41. The van der Waals surface area contributed by atoms with Crippen molar-refractivity contribution >= 4 is 44.2 Å². The lowest BCUT2D eigenvalue weighted by molar-refractivity contribution is -0.111. The summed E-state index contributed by atoms with van der Waals surface area (Å²) in [4.78, 5) is 31.2. The summed E-state index contributed by atoms with van der Waals surface area (Å²) in [6.07, 6.45) is 6.85. The Morgan fingerprint density at radius 3 is 3.07 bits per heavy atom. The Labute approximate surface area is 176 Å². The van der Waals surface area contributed by atoms with Crippen LogP contribution in [0.2, 0.25) is 0 Å². The number of fused-ring (bicyclic) bond motifs is 1. The van der Waals surface area contributed by atoms with Gasteiger partial charge in [0.1, 0.15) is 17.1 Å². The molecule has 30 heavy (non-hydrogen) atoms. The molecule has 11 heteroatoms. The number of ether oxygens (including phenoxy) is 1. The number of hydrogen-bond donors (Lipinski definition) is 2. The monoisotopic (exact) mass is 422 g/mol. The molecule has 4 rings (SSSR count). The molecule has 1 aliphatic heterocycles. The number of nitriles is 1. The first kappa shape index (κ1) is 19.5. The summed E-state index contributed by atoms with van der Waals surface area (Å²) in [7, 11) is 1.47. The van der Waals surface area contributed by atoms with Gasteiger partial charge in [-0.15, -0.1) is 0 Å². The van der Waals surface area contributed by atoms with E-state index in [1.807, 2.05) is 6.07 Å². The number of nitrogens with one attached hydrogen (secondary N) is 2. The van der Waals surface area contributed by atoms with Crippen molar-refractivity contribution in [2.24, 2.45) is 0 Å². The summed E-state index contributed by atoms with van der Waals surface area (Å²) < 4.78 is 6.03. The van der Waals surface area contributed by atoms with Gasteiger partial charge >= 0.3 is 0 Å². The SMILES string of the molecule is C=CC(=O)Nc1cncc2sc(N3CCC(Nc4ncc(C#N)c(OC)n4)C3)nc12. The van der Waals surface area contributed by atoms with Gasteiger partial charge in [0.25, 0.3) is 0 Å². The summed E-state index contributed by atoms with van der Waals surface area (Å²) in [5.74, 6) is 0.361. The maximum absolute atomic E-state index is 11.7. The van der Waals surface area contributed by atoms with Gasteiger partial charge in [0.2, 0.25) is 17.7 Å². The molecule has 0 aromatic carbocycles. The quantitative estimate of drug-likeness (QED) is 0.574. The third-order valence-electron chi connectivity index (χ3n) is 4.60. The minimum Gasteiger partial charge on any atom is -0.480 e. The highest BCUT2D eigenvalue weighted by molar-refractivity contribution is 7.22. The van der Waals surface area contributed by atoms with Gasteiger partial charge in [0.15, 0.2) is 5.13 Å². The number of carbonyl (C=O) groups is 1. The molecular formula is C19H18N8O2S. The lowest BCUT2D eigenvalue weighted by atomic mass is 10.3. The fourth-order valence-electron chi connectivity index (χ4n) is 3.15. The number of nitrogens with zero attached hydrogens (tertiary/aromatic N) is 6. The van der Waals surface area contributed by atoms with Crippen LogP contribution in [0.5, 0.6) is 5.88 Å². The third kappa shape index (κ3) is 3.85. The van der Waals surface area contributed by atoms with Gasteiger partial charge in [-0.25, -0.2) is 9.97 Å². The highest BCUT2D eigenvalue weighted by Crippen LogP contribution is 2.34. The average molecular weight is 422 g/mol. The molecule has 1 saturated heterocycles. The van der Waals surface area contributed by atoms with Crippen LogP contribution in [0.15, 0.2) is 31.2 Å². The van der Waals surface area contributed by atoms with Crippen molar-refractivity contribution < 1.29 is 9.53 Å². The standard InChI is InChI=1S/C19H18N8O2S/c1-3-15(28)24-13-8-21-9-14-16(13)25-19(30-14)27-5-4-12(10-27)23-18-22-7-11(6-20)17(26-18)29-2/h3,7-9,12H,1,4-5,10H2,2H3,(H,24,28)(H,22,23,26). The van der Waals surface area contributed by atoms with Crippen LogP contribution in [0.4, 0.5) is 16.8 Å². The molecule has 0 aliphatic carbocycles. The molecular weight excluding hydrogens is 404 g/mol. The molecule has 10 nitrogen and oxygen atoms in total. The Morgan fingerprint density at radius 1 is 1.43 bits per heavy atom. The van der Waals surface area contributed by atoms with E-state index < -0.39 is 0 Å². The lowest BCUT2D eigenvalue weighted by Gasteiger charge is -2.16. The lowest BCUT2D eigenvalue weighted by Crippen LogP contribution is -2.26. The maximum Gasteiger partial charge on any atom is 0.247 e. The van der Waals surface area contributed by atoms with Crippen LogP contribution >= 0.6 is 11.3 Å². The topological polar surface area (TPSA) is 129 Å². The van der Waals surface area contributed by atoms with Crippen molar-refractivity contribution in [3.05, 3.63) is 36.8 Å². The molecule has 2 N–H and O–H groups in total. The van der Waals surface area contributed by atoms with Gasteiger partial charge in [-0.05, 0) is 12.5 Å². The number of aromatic nitrogens is 4. The molecule has 1 aliphatic rings. The number of hydrogen-bond acceptors (Lipinski definition) is 10. The zero-order chi connectivity index (χ0) is 21.1. The number of pyridine rings is 1. The molecule has 1 fully saturated rings. The largest absolute Gasteiger partial charge is 0.480 e. The number of thiazole rings is 1. The van der Waals surface area contributed by atoms with Crippen LogP contribution in [-0.2, 0) is 4.79 Å². The Kier molecular flexibility index (Phi) is 5.40. The van der Waals surface area contributed by atoms with Crippen molar-refractivity contribution in [1.82, 2.24) is 19.9 Å². The third-order valence-corrected chi connectivity index (χ3v) is 5.65. The van der Waals surface area contributed by atoms with Crippen molar-refractivity contribution in [3.8, 4) is 11.9 Å². The van der Waals surface area contributed by atoms with E-state index in [4.69, 9.17) is 15.0 Å². The van der Waals surface area contributed by atoms with Crippen LogP contribution in [0.3, 0.4) is 0 Å². The number of anilines is 3. The number of rotatable bonds is 6. The molecule has 0 bridgehead atoms. The minimum atomic E-state index is -0.304. The molecule has 1 unspecified atom stereocenters. The van der Waals surface area contributed by atoms with Crippen molar-refractivity contribution in [1.29, 1.82) is 5.26 Å². The van der Waals surface area contributed by atoms with E-state index in [0.29, 0.717) is 29.3 Å². The van der Waals surface area contributed by atoms with Crippen molar-refractivity contribution in [2.75, 3.05) is 35.7 Å². The van der Waals surface area contributed by atoms with Crippen LogP contribution in [0.25, 0.3) is 10.2 Å². The summed E-state index contributed by atoms with van der Waals surface area (Å²) in [6, 6.07) is 2.12. The van der Waals surface area contributed by atoms with Crippen LogP contribution in [0.1, 0.15) is 12.0 Å². The van der Waals surface area contributed by atoms with Crippen LogP contribution in [-0.4, -0.2) is 52.1 Å². The second-order valence-electron chi connectivity index (χ2n) is 6.53. The predicted molar refractivity (Wildman–Crippen MR) is 114 cm³/mol. The number of methoxy groups -OCH3 is 1. The van der Waals surface area contributed by atoms with E-state index in [-0.39, 0.29) is 17.8 Å². The molecule has 0 radical (unpaired) electrons. The van der Waals surface area contributed by atoms with Crippen LogP contribution < -0.4 is 20.3 Å². The van der Waals surface area contributed by atoms with Crippen molar-refractivity contribution in [2.45, 2.75) is 12.5 Å². The molecule has 0 saturated carbocycles. The Bertz CT molecular complexity index is 1160. The summed E-state index contributed by atoms with van der Waals surface area (Å²) in [5, 5.41) is 15.9. The van der Waals surface area contributed by atoms with E-state index in [2.05, 4.69) is 37.1 Å². The first-order valence-corrected chi connectivity index (χ1v) is 9.93. The van der Waals surface area contributed by atoms with Gasteiger partial charge in [0, 0.05) is 25.3 Å². The zero-order valence-corrected chi connectivity index (χ0v) is 16.9. The maximum atomic E-state index is 11.7. The second-order valence-corrected chi connectivity index (χ2v) is 7.54.